The van der Waals surface area contributed by atoms with Crippen LogP contribution < -0.4 is 5.32 Å². The van der Waals surface area contributed by atoms with Gasteiger partial charge in [-0.2, -0.15) is 5.26 Å². The standard InChI is InChI=1S/C21H23N3OS/c1-14-6-7-17-18(11-22)21(26-19(17)10-14)23-20(25)13-24-9-8-15-4-2-3-5-16(15)12-24/h2-5,14H,6-10,12-13H2,1H3,(H,23,25). The lowest BCUT2D eigenvalue weighted by molar-refractivity contribution is -0.117. The Morgan fingerprint density at radius 2 is 2.15 bits per heavy atom. The number of thiophene rings is 1. The molecule has 2 heterocycles. The molecule has 1 N–H and O–H groups in total. The summed E-state index contributed by atoms with van der Waals surface area (Å²) in [5, 5.41) is 13.3. The first-order valence-electron chi connectivity index (χ1n) is 9.27. The summed E-state index contributed by atoms with van der Waals surface area (Å²) < 4.78 is 0. The Morgan fingerprint density at radius 1 is 1.35 bits per heavy atom. The first-order valence-corrected chi connectivity index (χ1v) is 10.1. The molecular formula is C21H23N3OS. The van der Waals surface area contributed by atoms with E-state index in [1.54, 1.807) is 11.3 Å². The summed E-state index contributed by atoms with van der Waals surface area (Å²) in [6, 6.07) is 10.8. The lowest BCUT2D eigenvalue weighted by atomic mass is 9.89. The number of nitrogens with one attached hydrogen (secondary N) is 1. The van der Waals surface area contributed by atoms with Crippen molar-refractivity contribution in [1.29, 1.82) is 5.26 Å². The molecule has 5 heteroatoms. The van der Waals surface area contributed by atoms with Crippen LogP contribution in [-0.4, -0.2) is 23.9 Å². The van der Waals surface area contributed by atoms with Gasteiger partial charge in [-0.1, -0.05) is 31.2 Å². The van der Waals surface area contributed by atoms with Crippen molar-refractivity contribution in [2.45, 2.75) is 39.2 Å². The predicted octanol–water partition coefficient (Wildman–Crippen LogP) is 3.74. The van der Waals surface area contributed by atoms with Crippen molar-refractivity contribution < 1.29 is 4.79 Å². The maximum atomic E-state index is 12.6. The highest BCUT2D eigenvalue weighted by atomic mass is 32.1. The maximum absolute atomic E-state index is 12.6. The van der Waals surface area contributed by atoms with Crippen molar-refractivity contribution in [3.63, 3.8) is 0 Å². The number of hydrogen-bond acceptors (Lipinski definition) is 4. The fraction of sp³-hybridized carbons (Fsp3) is 0.429. The highest BCUT2D eigenvalue weighted by molar-refractivity contribution is 7.16. The fourth-order valence-corrected chi connectivity index (χ4v) is 5.39. The van der Waals surface area contributed by atoms with Crippen LogP contribution in [0.15, 0.2) is 24.3 Å². The van der Waals surface area contributed by atoms with Crippen LogP contribution in [-0.2, 0) is 30.6 Å². The van der Waals surface area contributed by atoms with Crippen LogP contribution in [0.2, 0.25) is 0 Å². The number of fused-ring (bicyclic) bond motifs is 2. The van der Waals surface area contributed by atoms with Crippen LogP contribution >= 0.6 is 11.3 Å². The molecule has 1 unspecified atom stereocenters. The van der Waals surface area contributed by atoms with Gasteiger partial charge in [0.2, 0.25) is 5.91 Å². The third-order valence-corrected chi connectivity index (χ3v) is 6.62. The minimum atomic E-state index is -0.0208. The van der Waals surface area contributed by atoms with Gasteiger partial charge < -0.3 is 5.32 Å². The summed E-state index contributed by atoms with van der Waals surface area (Å²) in [6.07, 6.45) is 4.08. The van der Waals surface area contributed by atoms with E-state index < -0.39 is 0 Å². The number of nitrogens with zero attached hydrogens (tertiary/aromatic N) is 2. The van der Waals surface area contributed by atoms with E-state index in [4.69, 9.17) is 0 Å². The largest absolute Gasteiger partial charge is 0.315 e. The molecule has 1 aliphatic carbocycles. The van der Waals surface area contributed by atoms with Gasteiger partial charge in [-0.15, -0.1) is 11.3 Å². The van der Waals surface area contributed by atoms with Crippen LogP contribution in [0.25, 0.3) is 0 Å². The molecule has 0 saturated heterocycles. The van der Waals surface area contributed by atoms with Crippen LogP contribution in [0.1, 0.15) is 40.5 Å². The zero-order chi connectivity index (χ0) is 18.1. The molecule has 4 nitrogen and oxygen atoms in total. The van der Waals surface area contributed by atoms with Crippen molar-refractivity contribution >= 4 is 22.2 Å². The second kappa shape index (κ2) is 7.22. The molecule has 0 bridgehead atoms. The van der Waals surface area contributed by atoms with Crippen LogP contribution in [0, 0.1) is 17.2 Å². The Hall–Kier alpha value is -2.16. The molecule has 26 heavy (non-hydrogen) atoms. The maximum Gasteiger partial charge on any atom is 0.239 e. The van der Waals surface area contributed by atoms with Crippen molar-refractivity contribution in [2.75, 3.05) is 18.4 Å². The summed E-state index contributed by atoms with van der Waals surface area (Å²) in [4.78, 5) is 16.0. The summed E-state index contributed by atoms with van der Waals surface area (Å²) in [5.41, 5.74) is 4.55. The zero-order valence-electron chi connectivity index (χ0n) is 15.0. The van der Waals surface area contributed by atoms with Crippen LogP contribution in [0.5, 0.6) is 0 Å². The Kier molecular flexibility index (Phi) is 4.80. The first kappa shape index (κ1) is 17.3. The van der Waals surface area contributed by atoms with Crippen LogP contribution in [0.4, 0.5) is 5.00 Å². The normalized spacial score (nSPS) is 19.3. The summed E-state index contributed by atoms with van der Waals surface area (Å²) >= 11 is 1.60. The van der Waals surface area contributed by atoms with Crippen molar-refractivity contribution in [1.82, 2.24) is 4.90 Å². The van der Waals surface area contributed by atoms with E-state index in [-0.39, 0.29) is 5.91 Å². The van der Waals surface area contributed by atoms with Gasteiger partial charge in [-0.05, 0) is 48.3 Å². The van der Waals surface area contributed by atoms with E-state index in [9.17, 15) is 10.1 Å². The molecule has 2 aromatic rings. The molecule has 0 radical (unpaired) electrons. The van der Waals surface area contributed by atoms with E-state index in [1.807, 2.05) is 0 Å². The van der Waals surface area contributed by atoms with E-state index in [2.05, 4.69) is 47.5 Å². The quantitative estimate of drug-likeness (QED) is 0.901. The second-order valence-corrected chi connectivity index (χ2v) is 8.55. The molecule has 1 aromatic heterocycles. The number of hydrogen-bond donors (Lipinski definition) is 1. The van der Waals surface area contributed by atoms with E-state index >= 15 is 0 Å². The second-order valence-electron chi connectivity index (χ2n) is 7.45. The van der Waals surface area contributed by atoms with Crippen molar-refractivity contribution in [3.8, 4) is 6.07 Å². The number of carbonyl (C=O) groups is 1. The lowest BCUT2D eigenvalue weighted by Crippen LogP contribution is -2.37. The van der Waals surface area contributed by atoms with Gasteiger partial charge in [0, 0.05) is 18.0 Å². The van der Waals surface area contributed by atoms with Gasteiger partial charge >= 0.3 is 0 Å². The molecule has 2 aliphatic rings. The molecular weight excluding hydrogens is 342 g/mol. The van der Waals surface area contributed by atoms with Gasteiger partial charge in [0.1, 0.15) is 11.1 Å². The van der Waals surface area contributed by atoms with Crippen molar-refractivity contribution in [2.24, 2.45) is 5.92 Å². The zero-order valence-corrected chi connectivity index (χ0v) is 15.9. The smallest absolute Gasteiger partial charge is 0.239 e. The molecule has 1 aromatic carbocycles. The Morgan fingerprint density at radius 3 is 2.96 bits per heavy atom. The number of rotatable bonds is 3. The van der Waals surface area contributed by atoms with E-state index in [0.29, 0.717) is 18.0 Å². The average Bonchev–Trinajstić information content (AvgIpc) is 2.97. The Bertz CT molecular complexity index is 880. The topological polar surface area (TPSA) is 56.1 Å². The summed E-state index contributed by atoms with van der Waals surface area (Å²) in [7, 11) is 0. The molecule has 134 valence electrons. The summed E-state index contributed by atoms with van der Waals surface area (Å²) in [6.45, 7) is 4.33. The molecule has 1 amide bonds. The van der Waals surface area contributed by atoms with E-state index in [0.717, 1.165) is 49.3 Å². The molecule has 1 aliphatic heterocycles. The molecule has 4 rings (SSSR count). The molecule has 1 atom stereocenters. The van der Waals surface area contributed by atoms with Crippen LogP contribution in [0.3, 0.4) is 0 Å². The van der Waals surface area contributed by atoms with Gasteiger partial charge in [0.05, 0.1) is 12.1 Å². The minimum absolute atomic E-state index is 0.0208. The third-order valence-electron chi connectivity index (χ3n) is 5.45. The van der Waals surface area contributed by atoms with Crippen molar-refractivity contribution in [3.05, 3.63) is 51.4 Å². The third kappa shape index (κ3) is 3.40. The van der Waals surface area contributed by atoms with Gasteiger partial charge in [0.25, 0.3) is 0 Å². The number of carbonyl (C=O) groups excluding carboxylic acids is 1. The minimum Gasteiger partial charge on any atom is -0.315 e. The van der Waals surface area contributed by atoms with E-state index in [1.165, 1.54) is 16.0 Å². The average molecular weight is 366 g/mol. The lowest BCUT2D eigenvalue weighted by Gasteiger charge is -2.27. The molecule has 0 fully saturated rings. The Balaban J connectivity index is 1.44. The molecule has 0 saturated carbocycles. The first-order chi connectivity index (χ1) is 12.6. The fourth-order valence-electron chi connectivity index (χ4n) is 4.02. The predicted molar refractivity (Wildman–Crippen MR) is 104 cm³/mol. The SMILES string of the molecule is CC1CCc2c(sc(NC(=O)CN3CCc4ccccc4C3)c2C#N)C1. The van der Waals surface area contributed by atoms with Gasteiger partial charge in [-0.3, -0.25) is 9.69 Å². The van der Waals surface area contributed by atoms with Gasteiger partial charge in [0.15, 0.2) is 0 Å². The highest BCUT2D eigenvalue weighted by Crippen LogP contribution is 2.39. The number of benzene rings is 1. The summed E-state index contributed by atoms with van der Waals surface area (Å²) in [5.74, 6) is 0.636. The number of amides is 1. The monoisotopic (exact) mass is 365 g/mol. The number of nitriles is 1. The molecule has 0 spiro atoms. The highest BCUT2D eigenvalue weighted by Gasteiger charge is 2.25. The Labute approximate surface area is 158 Å². The van der Waals surface area contributed by atoms with Gasteiger partial charge in [-0.25, -0.2) is 0 Å². The number of anilines is 1.